The molecule has 0 saturated carbocycles. The second kappa shape index (κ2) is 1.99. The van der Waals surface area contributed by atoms with Crippen molar-refractivity contribution in [3.8, 4) is 0 Å². The fourth-order valence-corrected chi connectivity index (χ4v) is 0.805. The summed E-state index contributed by atoms with van der Waals surface area (Å²) in [6, 6.07) is 0. The van der Waals surface area contributed by atoms with Gasteiger partial charge in [-0.15, -0.1) is 0 Å². The zero-order valence-corrected chi connectivity index (χ0v) is 4.55. The van der Waals surface area contributed by atoms with Gasteiger partial charge in [-0.3, -0.25) is 0 Å². The van der Waals surface area contributed by atoms with Gasteiger partial charge in [0.1, 0.15) is 11.6 Å². The predicted octanol–water partition coefficient (Wildman–Crippen LogP) is -0.329. The molecule has 0 aromatic carbocycles. The molecular formula is C5H8N2O. The zero-order chi connectivity index (χ0) is 5.98. The highest BCUT2D eigenvalue weighted by Gasteiger charge is 2.12. The van der Waals surface area contributed by atoms with E-state index in [0.29, 0.717) is 5.70 Å². The summed E-state index contributed by atoms with van der Waals surface area (Å²) in [6.45, 7) is 0.796. The monoisotopic (exact) mass is 112 g/mol. The summed E-state index contributed by atoms with van der Waals surface area (Å²) in [4.78, 5) is 9.93. The Morgan fingerprint density at radius 2 is 2.50 bits per heavy atom. The minimum absolute atomic E-state index is 0.602. The fourth-order valence-electron chi connectivity index (χ4n) is 0.805. The first kappa shape index (κ1) is 5.35. The molecule has 0 amide bonds. The molecule has 3 heteroatoms. The van der Waals surface area contributed by atoms with Crippen molar-refractivity contribution in [2.75, 3.05) is 6.54 Å². The van der Waals surface area contributed by atoms with E-state index in [1.807, 2.05) is 0 Å². The maximum atomic E-state index is 9.93. The van der Waals surface area contributed by atoms with Crippen LogP contribution in [0.5, 0.6) is 0 Å². The lowest BCUT2D eigenvalue weighted by atomic mass is 10.3. The first-order valence-electron chi connectivity index (χ1n) is 2.61. The summed E-state index contributed by atoms with van der Waals surface area (Å²) in [6.07, 6.45) is 1.78. The van der Waals surface area contributed by atoms with E-state index in [0.717, 1.165) is 19.4 Å². The van der Waals surface area contributed by atoms with Crippen LogP contribution in [0.1, 0.15) is 12.8 Å². The van der Waals surface area contributed by atoms with Crippen LogP contribution < -0.4 is 5.84 Å². The van der Waals surface area contributed by atoms with Crippen molar-refractivity contribution >= 4 is 5.94 Å². The largest absolute Gasteiger partial charge is 0.304 e. The Bertz CT molecular complexity index is 137. The molecule has 44 valence electrons. The van der Waals surface area contributed by atoms with Gasteiger partial charge in [0.15, 0.2) is 0 Å². The zero-order valence-electron chi connectivity index (χ0n) is 4.55. The highest BCUT2D eigenvalue weighted by molar-refractivity contribution is 5.51. The highest BCUT2D eigenvalue weighted by Crippen LogP contribution is 2.12. The van der Waals surface area contributed by atoms with Crippen LogP contribution in [-0.2, 0) is 4.79 Å². The number of nitrogens with zero attached hydrogens (tertiary/aromatic N) is 1. The van der Waals surface area contributed by atoms with Crippen molar-refractivity contribution in [1.82, 2.24) is 5.01 Å². The Morgan fingerprint density at radius 3 is 2.75 bits per heavy atom. The van der Waals surface area contributed by atoms with Crippen LogP contribution in [0, 0.1) is 0 Å². The number of nitrogens with two attached hydrogens (primary N) is 1. The average molecular weight is 112 g/mol. The predicted molar refractivity (Wildman–Crippen MR) is 29.3 cm³/mol. The van der Waals surface area contributed by atoms with Crippen molar-refractivity contribution in [3.63, 3.8) is 0 Å². The van der Waals surface area contributed by atoms with Crippen molar-refractivity contribution in [2.45, 2.75) is 12.8 Å². The Morgan fingerprint density at radius 1 is 1.75 bits per heavy atom. The van der Waals surface area contributed by atoms with Crippen molar-refractivity contribution in [2.24, 2.45) is 5.84 Å². The second-order valence-corrected chi connectivity index (χ2v) is 1.85. The Kier molecular flexibility index (Phi) is 1.33. The standard InChI is InChI=1S/C5H8N2O/c6-7-3-1-2-5(7)4-8/h1-3,6H2. The fraction of sp³-hybridized carbons (Fsp3) is 0.600. The molecule has 0 radical (unpaired) electrons. The number of hydrogen-bond donors (Lipinski definition) is 1. The van der Waals surface area contributed by atoms with Crippen LogP contribution in [0.15, 0.2) is 5.70 Å². The third-order valence-electron chi connectivity index (χ3n) is 1.28. The lowest BCUT2D eigenvalue weighted by Crippen LogP contribution is -2.25. The number of hydrogen-bond acceptors (Lipinski definition) is 3. The second-order valence-electron chi connectivity index (χ2n) is 1.85. The first-order chi connectivity index (χ1) is 3.84. The lowest BCUT2D eigenvalue weighted by Gasteiger charge is -2.06. The molecule has 0 atom stereocenters. The van der Waals surface area contributed by atoms with Crippen molar-refractivity contribution < 1.29 is 4.79 Å². The van der Waals surface area contributed by atoms with Gasteiger partial charge in [-0.1, -0.05) is 0 Å². The van der Waals surface area contributed by atoms with Crippen molar-refractivity contribution in [1.29, 1.82) is 0 Å². The summed E-state index contributed by atoms with van der Waals surface area (Å²) >= 11 is 0. The third kappa shape index (κ3) is 0.735. The summed E-state index contributed by atoms with van der Waals surface area (Å²) in [7, 11) is 0. The lowest BCUT2D eigenvalue weighted by molar-refractivity contribution is 0.413. The molecule has 0 aromatic rings. The van der Waals surface area contributed by atoms with E-state index < -0.39 is 0 Å². The molecule has 1 aliphatic rings. The first-order valence-corrected chi connectivity index (χ1v) is 2.61. The van der Waals surface area contributed by atoms with Gasteiger partial charge >= 0.3 is 0 Å². The quantitative estimate of drug-likeness (QED) is 0.345. The van der Waals surface area contributed by atoms with E-state index in [1.165, 1.54) is 5.01 Å². The number of rotatable bonds is 0. The number of allylic oxidation sites excluding steroid dienone is 1. The number of carbonyl (C=O) groups excluding carboxylic acids is 1. The smallest absolute Gasteiger partial charge is 0.147 e. The summed E-state index contributed by atoms with van der Waals surface area (Å²) < 4.78 is 0. The van der Waals surface area contributed by atoms with Gasteiger partial charge in [-0.25, -0.2) is 10.6 Å². The highest BCUT2D eigenvalue weighted by atomic mass is 16.1. The maximum Gasteiger partial charge on any atom is 0.147 e. The topological polar surface area (TPSA) is 46.3 Å². The van der Waals surface area contributed by atoms with E-state index in [1.54, 1.807) is 5.94 Å². The van der Waals surface area contributed by atoms with Crippen LogP contribution >= 0.6 is 0 Å². The molecule has 0 spiro atoms. The molecule has 1 rings (SSSR count). The third-order valence-corrected chi connectivity index (χ3v) is 1.28. The van der Waals surface area contributed by atoms with E-state index in [4.69, 9.17) is 5.84 Å². The minimum Gasteiger partial charge on any atom is -0.304 e. The Balaban J connectivity index is 2.68. The van der Waals surface area contributed by atoms with Crippen LogP contribution in [-0.4, -0.2) is 17.5 Å². The average Bonchev–Trinajstić information content (AvgIpc) is 2.14. The molecular weight excluding hydrogens is 104 g/mol. The van der Waals surface area contributed by atoms with Gasteiger partial charge in [-0.2, -0.15) is 0 Å². The normalized spacial score (nSPS) is 19.1. The molecule has 1 saturated heterocycles. The molecule has 3 nitrogen and oxygen atoms in total. The number of hydrazine groups is 1. The molecule has 0 aromatic heterocycles. The minimum atomic E-state index is 0.602. The Hall–Kier alpha value is -0.790. The Labute approximate surface area is 47.7 Å². The van der Waals surface area contributed by atoms with Crippen LogP contribution in [0.25, 0.3) is 0 Å². The van der Waals surface area contributed by atoms with Gasteiger partial charge in [0.25, 0.3) is 0 Å². The van der Waals surface area contributed by atoms with Gasteiger partial charge in [-0.05, 0) is 6.42 Å². The molecule has 0 unspecified atom stereocenters. The SMILES string of the molecule is NN1CCCC1=C=O. The molecule has 2 N–H and O–H groups in total. The van der Waals surface area contributed by atoms with E-state index in [-0.39, 0.29) is 0 Å². The van der Waals surface area contributed by atoms with E-state index in [9.17, 15) is 4.79 Å². The summed E-state index contributed by atoms with van der Waals surface area (Å²) in [5.41, 5.74) is 0.602. The summed E-state index contributed by atoms with van der Waals surface area (Å²) in [5.74, 6) is 7.10. The molecule has 1 heterocycles. The summed E-state index contributed by atoms with van der Waals surface area (Å²) in [5, 5.41) is 1.45. The van der Waals surface area contributed by atoms with E-state index in [2.05, 4.69) is 0 Å². The van der Waals surface area contributed by atoms with Gasteiger partial charge in [0, 0.05) is 13.0 Å². The van der Waals surface area contributed by atoms with Gasteiger partial charge in [0.2, 0.25) is 0 Å². The molecule has 1 fully saturated rings. The molecule has 0 bridgehead atoms. The molecule has 0 aliphatic carbocycles. The van der Waals surface area contributed by atoms with E-state index >= 15 is 0 Å². The van der Waals surface area contributed by atoms with Crippen molar-refractivity contribution in [3.05, 3.63) is 5.70 Å². The van der Waals surface area contributed by atoms with Gasteiger partial charge in [0.05, 0.1) is 0 Å². The van der Waals surface area contributed by atoms with Gasteiger partial charge < -0.3 is 5.01 Å². The maximum absolute atomic E-state index is 9.93. The van der Waals surface area contributed by atoms with Crippen LogP contribution in [0.3, 0.4) is 0 Å². The molecule has 1 aliphatic heterocycles. The van der Waals surface area contributed by atoms with Crippen LogP contribution in [0.2, 0.25) is 0 Å². The molecule has 8 heavy (non-hydrogen) atoms. The van der Waals surface area contributed by atoms with Crippen LogP contribution in [0.4, 0.5) is 0 Å².